The van der Waals surface area contributed by atoms with Crippen LogP contribution < -0.4 is 11.1 Å². The number of nitrogens with zero attached hydrogens (tertiary/aromatic N) is 3. The molecule has 0 spiro atoms. The Morgan fingerprint density at radius 3 is 2.50 bits per heavy atom. The van der Waals surface area contributed by atoms with Gasteiger partial charge in [0.25, 0.3) is 0 Å². The van der Waals surface area contributed by atoms with Crippen LogP contribution >= 0.6 is 24.0 Å². The van der Waals surface area contributed by atoms with Gasteiger partial charge in [-0.1, -0.05) is 25.1 Å². The first-order chi connectivity index (χ1) is 10.9. The summed E-state index contributed by atoms with van der Waals surface area (Å²) in [5, 5.41) is 7.06. The standard InChI is InChI=1S/C17H25N5O.HI/c1-11(2)16-21-15(23-22-16)6-5-7-19-17(18)20-14-9-12(3)8-13(4)10-14;/h8-11H,5-7H2,1-4H3,(H3,18,19,20);1H. The Labute approximate surface area is 160 Å². The van der Waals surface area contributed by atoms with Crippen LogP contribution in [-0.4, -0.2) is 22.6 Å². The van der Waals surface area contributed by atoms with Crippen molar-refractivity contribution in [1.82, 2.24) is 10.1 Å². The Kier molecular flexibility index (Phi) is 8.17. The number of hydrogen-bond acceptors (Lipinski definition) is 4. The smallest absolute Gasteiger partial charge is 0.226 e. The average Bonchev–Trinajstić information content (AvgIpc) is 2.91. The zero-order chi connectivity index (χ0) is 16.8. The summed E-state index contributed by atoms with van der Waals surface area (Å²) >= 11 is 0. The second-order valence-corrected chi connectivity index (χ2v) is 6.07. The molecule has 1 heterocycles. The summed E-state index contributed by atoms with van der Waals surface area (Å²) in [7, 11) is 0. The van der Waals surface area contributed by atoms with Crippen LogP contribution in [0.5, 0.6) is 0 Å². The van der Waals surface area contributed by atoms with Crippen LogP contribution in [0.15, 0.2) is 27.7 Å². The van der Waals surface area contributed by atoms with Crippen molar-refractivity contribution < 1.29 is 4.52 Å². The highest BCUT2D eigenvalue weighted by atomic mass is 127. The van der Waals surface area contributed by atoms with Crippen LogP contribution in [0, 0.1) is 13.8 Å². The van der Waals surface area contributed by atoms with E-state index >= 15 is 0 Å². The van der Waals surface area contributed by atoms with E-state index in [0.29, 0.717) is 24.8 Å². The number of guanidine groups is 1. The number of hydrogen-bond donors (Lipinski definition) is 2. The molecule has 0 fully saturated rings. The minimum Gasteiger partial charge on any atom is -0.370 e. The molecule has 0 aliphatic heterocycles. The predicted molar refractivity (Wildman–Crippen MR) is 108 cm³/mol. The molecule has 0 aliphatic rings. The SMILES string of the molecule is Cc1cc(C)cc(NC(N)=NCCCc2nc(C(C)C)no2)c1.I. The molecule has 6 nitrogen and oxygen atoms in total. The van der Waals surface area contributed by atoms with Crippen molar-refractivity contribution in [3.63, 3.8) is 0 Å². The molecule has 2 rings (SSSR count). The van der Waals surface area contributed by atoms with Crippen LogP contribution in [0.1, 0.15) is 49.0 Å². The highest BCUT2D eigenvalue weighted by Gasteiger charge is 2.08. The summed E-state index contributed by atoms with van der Waals surface area (Å²) in [5.74, 6) is 2.11. The fourth-order valence-corrected chi connectivity index (χ4v) is 2.27. The lowest BCUT2D eigenvalue weighted by atomic mass is 10.1. The number of benzene rings is 1. The Morgan fingerprint density at radius 2 is 1.92 bits per heavy atom. The maximum atomic E-state index is 5.92. The molecule has 1 aromatic heterocycles. The Morgan fingerprint density at radius 1 is 1.25 bits per heavy atom. The van der Waals surface area contributed by atoms with Gasteiger partial charge < -0.3 is 15.6 Å². The number of anilines is 1. The van der Waals surface area contributed by atoms with Crippen molar-refractivity contribution in [2.75, 3.05) is 11.9 Å². The van der Waals surface area contributed by atoms with Gasteiger partial charge in [-0.2, -0.15) is 4.98 Å². The van der Waals surface area contributed by atoms with Gasteiger partial charge in [-0.25, -0.2) is 0 Å². The van der Waals surface area contributed by atoms with Gasteiger partial charge in [0.2, 0.25) is 5.89 Å². The van der Waals surface area contributed by atoms with E-state index in [1.54, 1.807) is 0 Å². The molecule has 7 heteroatoms. The lowest BCUT2D eigenvalue weighted by Crippen LogP contribution is -2.23. The van der Waals surface area contributed by atoms with E-state index in [1.807, 2.05) is 26.0 Å². The van der Waals surface area contributed by atoms with Crippen LogP contribution in [0.2, 0.25) is 0 Å². The van der Waals surface area contributed by atoms with E-state index in [0.717, 1.165) is 17.9 Å². The predicted octanol–water partition coefficient (Wildman–Crippen LogP) is 3.79. The van der Waals surface area contributed by atoms with E-state index in [2.05, 4.69) is 40.4 Å². The first-order valence-corrected chi connectivity index (χ1v) is 7.92. The zero-order valence-electron chi connectivity index (χ0n) is 14.7. The Bertz CT molecular complexity index is 661. The van der Waals surface area contributed by atoms with Crippen LogP contribution in [0.4, 0.5) is 5.69 Å². The molecule has 0 amide bonds. The van der Waals surface area contributed by atoms with Crippen molar-refractivity contribution in [3.8, 4) is 0 Å². The van der Waals surface area contributed by atoms with Crippen LogP contribution in [0.25, 0.3) is 0 Å². The third-order valence-electron chi connectivity index (χ3n) is 3.33. The molecule has 1 aromatic carbocycles. The van der Waals surface area contributed by atoms with E-state index in [9.17, 15) is 0 Å². The lowest BCUT2D eigenvalue weighted by molar-refractivity contribution is 0.369. The fourth-order valence-electron chi connectivity index (χ4n) is 2.27. The number of nitrogens with two attached hydrogens (primary N) is 1. The monoisotopic (exact) mass is 443 g/mol. The molecule has 0 aliphatic carbocycles. The van der Waals surface area contributed by atoms with Gasteiger partial charge in [0.15, 0.2) is 11.8 Å². The third kappa shape index (κ3) is 6.46. The second kappa shape index (κ2) is 9.61. The molecule has 3 N–H and O–H groups in total. The molecule has 0 unspecified atom stereocenters. The van der Waals surface area contributed by atoms with Gasteiger partial charge in [-0.05, 0) is 43.5 Å². The number of nitrogens with one attached hydrogen (secondary N) is 1. The molecule has 24 heavy (non-hydrogen) atoms. The molecule has 0 saturated heterocycles. The van der Waals surface area contributed by atoms with Crippen LogP contribution in [0.3, 0.4) is 0 Å². The molecule has 0 saturated carbocycles. The largest absolute Gasteiger partial charge is 0.370 e. The normalized spacial score (nSPS) is 11.5. The van der Waals surface area contributed by atoms with Crippen molar-refractivity contribution in [1.29, 1.82) is 0 Å². The second-order valence-electron chi connectivity index (χ2n) is 6.07. The topological polar surface area (TPSA) is 89.3 Å². The first-order valence-electron chi connectivity index (χ1n) is 7.92. The molecule has 0 atom stereocenters. The Hall–Kier alpha value is -1.64. The number of halogens is 1. The highest BCUT2D eigenvalue weighted by Crippen LogP contribution is 2.13. The molecule has 0 bridgehead atoms. The average molecular weight is 443 g/mol. The third-order valence-corrected chi connectivity index (χ3v) is 3.33. The first kappa shape index (κ1) is 20.4. The maximum absolute atomic E-state index is 5.92. The Balaban J connectivity index is 0.00000288. The maximum Gasteiger partial charge on any atom is 0.226 e. The summed E-state index contributed by atoms with van der Waals surface area (Å²) in [6.07, 6.45) is 1.52. The van der Waals surface area contributed by atoms with Gasteiger partial charge in [0, 0.05) is 24.6 Å². The minimum atomic E-state index is 0. The number of aromatic nitrogens is 2. The van der Waals surface area contributed by atoms with Crippen molar-refractivity contribution in [3.05, 3.63) is 41.0 Å². The number of rotatable bonds is 6. The highest BCUT2D eigenvalue weighted by molar-refractivity contribution is 14.0. The summed E-state index contributed by atoms with van der Waals surface area (Å²) < 4.78 is 5.20. The fraction of sp³-hybridized carbons (Fsp3) is 0.471. The van der Waals surface area contributed by atoms with Crippen molar-refractivity contribution in [2.45, 2.75) is 46.5 Å². The molecular weight excluding hydrogens is 417 g/mol. The molecule has 132 valence electrons. The molecule has 2 aromatic rings. The number of aliphatic imine (C=N–C) groups is 1. The van der Waals surface area contributed by atoms with Gasteiger partial charge >= 0.3 is 0 Å². The van der Waals surface area contributed by atoms with E-state index in [4.69, 9.17) is 10.3 Å². The quantitative estimate of drug-likeness (QED) is 0.307. The van der Waals surface area contributed by atoms with E-state index < -0.39 is 0 Å². The van der Waals surface area contributed by atoms with E-state index in [1.165, 1.54) is 11.1 Å². The van der Waals surface area contributed by atoms with E-state index in [-0.39, 0.29) is 29.9 Å². The summed E-state index contributed by atoms with van der Waals surface area (Å²) in [4.78, 5) is 8.67. The summed E-state index contributed by atoms with van der Waals surface area (Å²) in [6, 6.07) is 6.21. The molecule has 0 radical (unpaired) electrons. The van der Waals surface area contributed by atoms with Gasteiger partial charge in [0.1, 0.15) is 0 Å². The minimum absolute atomic E-state index is 0. The summed E-state index contributed by atoms with van der Waals surface area (Å²) in [6.45, 7) is 8.81. The van der Waals surface area contributed by atoms with Gasteiger partial charge in [-0.3, -0.25) is 4.99 Å². The van der Waals surface area contributed by atoms with Crippen LogP contribution in [-0.2, 0) is 6.42 Å². The zero-order valence-corrected chi connectivity index (χ0v) is 17.0. The lowest BCUT2D eigenvalue weighted by Gasteiger charge is -2.07. The van der Waals surface area contributed by atoms with Crippen molar-refractivity contribution >= 4 is 35.6 Å². The van der Waals surface area contributed by atoms with Crippen molar-refractivity contribution in [2.24, 2.45) is 10.7 Å². The molecular formula is C17H26IN5O. The van der Waals surface area contributed by atoms with Gasteiger partial charge in [0.05, 0.1) is 0 Å². The number of aryl methyl sites for hydroxylation is 3. The van der Waals surface area contributed by atoms with Gasteiger partial charge in [-0.15, -0.1) is 24.0 Å². The summed E-state index contributed by atoms with van der Waals surface area (Å²) in [5.41, 5.74) is 9.26.